The van der Waals surface area contributed by atoms with E-state index in [4.69, 9.17) is 4.74 Å². The molecule has 3 heterocycles. The molecule has 0 saturated carbocycles. The summed E-state index contributed by atoms with van der Waals surface area (Å²) in [4.78, 5) is 15.1. The molecule has 3 saturated heterocycles. The first-order chi connectivity index (χ1) is 13.4. The van der Waals surface area contributed by atoms with Gasteiger partial charge in [-0.05, 0) is 24.1 Å². The maximum absolute atomic E-state index is 13.4. The quantitative estimate of drug-likeness (QED) is 0.797. The van der Waals surface area contributed by atoms with Crippen molar-refractivity contribution in [1.82, 2.24) is 9.21 Å². The van der Waals surface area contributed by atoms with E-state index in [0.29, 0.717) is 30.0 Å². The number of benzene rings is 2. The average molecular weight is 398 g/mol. The molecule has 7 heteroatoms. The molecule has 1 spiro atoms. The first-order valence-electron chi connectivity index (χ1n) is 9.54. The molecule has 28 heavy (non-hydrogen) atoms. The maximum Gasteiger partial charge on any atom is 0.243 e. The number of ether oxygens (including phenoxy) is 1. The van der Waals surface area contributed by atoms with Crippen LogP contribution in [-0.2, 0) is 19.6 Å². The van der Waals surface area contributed by atoms with Crippen LogP contribution in [0.3, 0.4) is 0 Å². The molecule has 1 amide bonds. The highest BCUT2D eigenvalue weighted by Gasteiger charge is 2.66. The van der Waals surface area contributed by atoms with E-state index in [1.54, 1.807) is 30.0 Å². The van der Waals surface area contributed by atoms with Gasteiger partial charge in [0.1, 0.15) is 0 Å². The summed E-state index contributed by atoms with van der Waals surface area (Å²) in [7, 11) is -3.70. The zero-order valence-corrected chi connectivity index (χ0v) is 16.4. The summed E-state index contributed by atoms with van der Waals surface area (Å²) in [5.74, 6) is -0.0407. The molecule has 0 N–H and O–H groups in total. The van der Waals surface area contributed by atoms with E-state index in [9.17, 15) is 13.2 Å². The summed E-state index contributed by atoms with van der Waals surface area (Å²) >= 11 is 0. The highest BCUT2D eigenvalue weighted by atomic mass is 32.2. The first kappa shape index (κ1) is 17.8. The fourth-order valence-corrected chi connectivity index (χ4v) is 6.87. The number of carbonyl (C=O) groups excluding carboxylic acids is 1. The van der Waals surface area contributed by atoms with Crippen LogP contribution in [0.4, 0.5) is 0 Å². The summed E-state index contributed by atoms with van der Waals surface area (Å²) in [6, 6.07) is 16.1. The summed E-state index contributed by atoms with van der Waals surface area (Å²) in [5.41, 5.74) is 0.876. The number of hydrogen-bond donors (Lipinski definition) is 0. The molecule has 0 aliphatic carbocycles. The van der Waals surface area contributed by atoms with Crippen molar-refractivity contribution in [2.45, 2.75) is 42.5 Å². The fraction of sp³-hybridized carbons (Fsp3) is 0.381. The Labute approximate surface area is 164 Å². The molecule has 3 aliphatic heterocycles. The van der Waals surface area contributed by atoms with E-state index in [0.717, 1.165) is 5.56 Å². The third-order valence-corrected chi connectivity index (χ3v) is 8.34. The summed E-state index contributed by atoms with van der Waals surface area (Å²) in [6.45, 7) is 2.54. The number of carbonyl (C=O) groups is 1. The lowest BCUT2D eigenvalue weighted by molar-refractivity contribution is -0.138. The van der Waals surface area contributed by atoms with Crippen LogP contribution in [0.15, 0.2) is 59.5 Å². The Morgan fingerprint density at radius 1 is 1.07 bits per heavy atom. The van der Waals surface area contributed by atoms with Crippen LogP contribution in [0.2, 0.25) is 0 Å². The maximum atomic E-state index is 13.4. The van der Waals surface area contributed by atoms with Gasteiger partial charge in [-0.3, -0.25) is 4.79 Å². The molecule has 2 aromatic rings. The van der Waals surface area contributed by atoms with Gasteiger partial charge in [0.2, 0.25) is 15.9 Å². The van der Waals surface area contributed by atoms with Gasteiger partial charge in [0, 0.05) is 19.4 Å². The Kier molecular flexibility index (Phi) is 3.91. The second kappa shape index (κ2) is 6.14. The van der Waals surface area contributed by atoms with Crippen LogP contribution in [0.5, 0.6) is 0 Å². The molecule has 6 nitrogen and oxygen atoms in total. The third-order valence-electron chi connectivity index (χ3n) is 6.27. The molecule has 3 aliphatic rings. The highest BCUT2D eigenvalue weighted by molar-refractivity contribution is 7.89. The van der Waals surface area contributed by atoms with E-state index in [2.05, 4.69) is 0 Å². The lowest BCUT2D eigenvalue weighted by Gasteiger charge is -2.33. The lowest BCUT2D eigenvalue weighted by Crippen LogP contribution is -2.49. The minimum absolute atomic E-state index is 0.0407. The number of sulfonamides is 1. The third kappa shape index (κ3) is 2.33. The largest absolute Gasteiger partial charge is 0.351 e. The number of amides is 1. The van der Waals surface area contributed by atoms with Gasteiger partial charge < -0.3 is 9.64 Å². The van der Waals surface area contributed by atoms with Gasteiger partial charge in [0.05, 0.1) is 23.6 Å². The Balaban J connectivity index is 1.52. The van der Waals surface area contributed by atoms with Crippen LogP contribution < -0.4 is 0 Å². The van der Waals surface area contributed by atoms with Crippen LogP contribution in [-0.4, -0.2) is 48.4 Å². The van der Waals surface area contributed by atoms with Crippen molar-refractivity contribution in [1.29, 1.82) is 0 Å². The molecular weight excluding hydrogens is 376 g/mol. The lowest BCUT2D eigenvalue weighted by atomic mass is 10.0. The first-order valence-corrected chi connectivity index (χ1v) is 11.0. The van der Waals surface area contributed by atoms with Crippen molar-refractivity contribution < 1.29 is 17.9 Å². The monoisotopic (exact) mass is 398 g/mol. The predicted molar refractivity (Wildman–Crippen MR) is 103 cm³/mol. The van der Waals surface area contributed by atoms with Crippen molar-refractivity contribution >= 4 is 15.9 Å². The molecule has 0 radical (unpaired) electrons. The van der Waals surface area contributed by atoms with Gasteiger partial charge in [-0.1, -0.05) is 48.5 Å². The normalized spacial score (nSPS) is 29.9. The van der Waals surface area contributed by atoms with E-state index in [1.807, 2.05) is 36.4 Å². The Hall–Kier alpha value is -2.22. The van der Waals surface area contributed by atoms with E-state index >= 15 is 0 Å². The van der Waals surface area contributed by atoms with Gasteiger partial charge in [-0.25, -0.2) is 8.42 Å². The Morgan fingerprint density at radius 2 is 1.79 bits per heavy atom. The number of hydrogen-bond acceptors (Lipinski definition) is 4. The minimum atomic E-state index is -3.70. The van der Waals surface area contributed by atoms with Gasteiger partial charge in [-0.2, -0.15) is 4.31 Å². The van der Waals surface area contributed by atoms with Crippen LogP contribution >= 0.6 is 0 Å². The zero-order chi connectivity index (χ0) is 19.5. The molecule has 3 fully saturated rings. The van der Waals surface area contributed by atoms with Crippen molar-refractivity contribution in [3.63, 3.8) is 0 Å². The number of nitrogens with zero attached hydrogens (tertiary/aromatic N) is 2. The molecule has 146 valence electrons. The Morgan fingerprint density at radius 3 is 2.54 bits per heavy atom. The Bertz CT molecular complexity index is 1040. The summed E-state index contributed by atoms with van der Waals surface area (Å²) < 4.78 is 34.5. The second-order valence-corrected chi connectivity index (χ2v) is 9.56. The van der Waals surface area contributed by atoms with E-state index < -0.39 is 21.8 Å². The predicted octanol–water partition coefficient (Wildman–Crippen LogP) is 2.46. The zero-order valence-electron chi connectivity index (χ0n) is 15.6. The SMILES string of the molecule is Cc1ccccc1S(=O)(=O)N1CC[C@@]23OC[C@@H](c4ccccc4)N2C(=O)C[C@@H]13. The minimum Gasteiger partial charge on any atom is -0.351 e. The van der Waals surface area contributed by atoms with Crippen LogP contribution in [0.25, 0.3) is 0 Å². The molecular formula is C21H22N2O4S. The summed E-state index contributed by atoms with van der Waals surface area (Å²) in [5, 5.41) is 0. The van der Waals surface area contributed by atoms with Crippen molar-refractivity contribution in [3.8, 4) is 0 Å². The molecule has 0 bridgehead atoms. The second-order valence-electron chi connectivity index (χ2n) is 7.70. The molecule has 2 aromatic carbocycles. The number of aryl methyl sites for hydroxylation is 1. The van der Waals surface area contributed by atoms with E-state index in [1.165, 1.54) is 4.31 Å². The van der Waals surface area contributed by atoms with Gasteiger partial charge in [-0.15, -0.1) is 0 Å². The van der Waals surface area contributed by atoms with Gasteiger partial charge in [0.25, 0.3) is 0 Å². The molecule has 5 rings (SSSR count). The van der Waals surface area contributed by atoms with Crippen LogP contribution in [0, 0.1) is 6.92 Å². The summed E-state index contributed by atoms with van der Waals surface area (Å²) in [6.07, 6.45) is 0.659. The van der Waals surface area contributed by atoms with Gasteiger partial charge in [0.15, 0.2) is 5.72 Å². The number of rotatable bonds is 3. The standard InChI is InChI=1S/C21H22N2O4S/c1-15-7-5-6-10-18(15)28(25,26)22-12-11-21-19(22)13-20(24)23(21)17(14-27-21)16-8-3-2-4-9-16/h2-10,17,19H,11-14H2,1H3/t17-,19+,21-/m0/s1. The average Bonchev–Trinajstić information content (AvgIpc) is 3.32. The smallest absolute Gasteiger partial charge is 0.243 e. The molecule has 3 atom stereocenters. The van der Waals surface area contributed by atoms with Gasteiger partial charge >= 0.3 is 0 Å². The van der Waals surface area contributed by atoms with Crippen LogP contribution in [0.1, 0.15) is 30.0 Å². The van der Waals surface area contributed by atoms with Crippen molar-refractivity contribution in [3.05, 3.63) is 65.7 Å². The molecule has 0 aromatic heterocycles. The van der Waals surface area contributed by atoms with E-state index in [-0.39, 0.29) is 18.4 Å². The molecule has 0 unspecified atom stereocenters. The highest BCUT2D eigenvalue weighted by Crippen LogP contribution is 2.52. The van der Waals surface area contributed by atoms with Crippen molar-refractivity contribution in [2.75, 3.05) is 13.2 Å². The topological polar surface area (TPSA) is 66.9 Å². The van der Waals surface area contributed by atoms with Crippen molar-refractivity contribution in [2.24, 2.45) is 0 Å². The fourth-order valence-electron chi connectivity index (χ4n) is 4.99.